The molecular weight excluding hydrogens is 279 g/mol. The van der Waals surface area contributed by atoms with E-state index in [0.29, 0.717) is 12.8 Å². The number of halogens is 2. The van der Waals surface area contributed by atoms with Crippen molar-refractivity contribution in [1.82, 2.24) is 10.3 Å². The fourth-order valence-electron chi connectivity index (χ4n) is 2.07. The van der Waals surface area contributed by atoms with Crippen LogP contribution < -0.4 is 5.32 Å². The summed E-state index contributed by atoms with van der Waals surface area (Å²) in [5, 5.41) is 12.1. The van der Waals surface area contributed by atoms with Crippen LogP contribution in [0.3, 0.4) is 0 Å². The van der Waals surface area contributed by atoms with Crippen LogP contribution in [0.5, 0.6) is 0 Å². The van der Waals surface area contributed by atoms with Gasteiger partial charge in [0.25, 0.3) is 5.91 Å². The summed E-state index contributed by atoms with van der Waals surface area (Å²) < 4.78 is 0. The van der Waals surface area contributed by atoms with Crippen molar-refractivity contribution in [3.05, 3.63) is 21.9 Å². The summed E-state index contributed by atoms with van der Waals surface area (Å²) in [5.74, 6) is -1.30. The lowest BCUT2D eigenvalue weighted by molar-refractivity contribution is -0.139. The van der Waals surface area contributed by atoms with E-state index < -0.39 is 11.5 Å². The summed E-state index contributed by atoms with van der Waals surface area (Å²) in [7, 11) is 0. The Morgan fingerprint density at radius 3 is 2.50 bits per heavy atom. The van der Waals surface area contributed by atoms with Gasteiger partial charge in [-0.05, 0) is 25.3 Å². The summed E-state index contributed by atoms with van der Waals surface area (Å²) >= 11 is 11.5. The van der Waals surface area contributed by atoms with Gasteiger partial charge >= 0.3 is 5.97 Å². The van der Waals surface area contributed by atoms with E-state index in [-0.39, 0.29) is 28.2 Å². The molecule has 0 bridgehead atoms. The summed E-state index contributed by atoms with van der Waals surface area (Å²) in [5.41, 5.74) is -0.394. The molecule has 0 aliphatic heterocycles. The van der Waals surface area contributed by atoms with Crippen molar-refractivity contribution in [2.45, 2.75) is 31.2 Å². The van der Waals surface area contributed by atoms with E-state index in [1.54, 1.807) is 0 Å². The summed E-state index contributed by atoms with van der Waals surface area (Å²) in [4.78, 5) is 25.4. The number of carbonyl (C=O) groups is 2. The van der Waals surface area contributed by atoms with Crippen LogP contribution in [0.4, 0.5) is 0 Å². The molecule has 1 heterocycles. The molecule has 3 N–H and O–H groups in total. The first-order valence-electron chi connectivity index (χ1n) is 5.50. The van der Waals surface area contributed by atoms with Crippen LogP contribution in [0, 0.1) is 0 Å². The molecular formula is C11H12Cl2N2O3. The molecule has 0 spiro atoms. The molecule has 0 atom stereocenters. The second-order valence-electron chi connectivity index (χ2n) is 4.50. The highest BCUT2D eigenvalue weighted by Gasteiger charge is 2.40. The Morgan fingerprint density at radius 2 is 2.11 bits per heavy atom. The third-order valence-corrected chi connectivity index (χ3v) is 3.84. The second kappa shape index (κ2) is 4.82. The van der Waals surface area contributed by atoms with Crippen LogP contribution in [0.15, 0.2) is 6.07 Å². The van der Waals surface area contributed by atoms with Crippen LogP contribution in [0.1, 0.15) is 36.2 Å². The number of nitrogens with one attached hydrogen (secondary N) is 2. The van der Waals surface area contributed by atoms with Crippen molar-refractivity contribution in [3.8, 4) is 0 Å². The van der Waals surface area contributed by atoms with Crippen LogP contribution >= 0.6 is 23.2 Å². The van der Waals surface area contributed by atoms with E-state index in [1.807, 2.05) is 0 Å². The van der Waals surface area contributed by atoms with Crippen molar-refractivity contribution < 1.29 is 14.7 Å². The standard InChI is InChI=1S/C11H12Cl2N2O3/c12-6-4-7(14-9(6)13)10(18)15-11(2-1-3-11)5-8(16)17/h4,14H,1-3,5H2,(H,15,18)(H,16,17). The van der Waals surface area contributed by atoms with Gasteiger partial charge in [-0.3, -0.25) is 9.59 Å². The molecule has 0 saturated heterocycles. The van der Waals surface area contributed by atoms with Crippen LogP contribution in [0.2, 0.25) is 10.2 Å². The number of H-pyrrole nitrogens is 1. The third-order valence-electron chi connectivity index (χ3n) is 3.15. The van der Waals surface area contributed by atoms with Gasteiger partial charge in [-0.15, -0.1) is 0 Å². The number of carboxylic acids is 1. The lowest BCUT2D eigenvalue weighted by Crippen LogP contribution is -2.54. The highest BCUT2D eigenvalue weighted by molar-refractivity contribution is 6.41. The van der Waals surface area contributed by atoms with Crippen LogP contribution in [-0.4, -0.2) is 27.5 Å². The van der Waals surface area contributed by atoms with E-state index in [9.17, 15) is 9.59 Å². The molecule has 2 rings (SSSR count). The quantitative estimate of drug-likeness (QED) is 0.797. The molecule has 98 valence electrons. The predicted octanol–water partition coefficient (Wildman–Crippen LogP) is 2.45. The lowest BCUT2D eigenvalue weighted by atomic mass is 9.74. The van der Waals surface area contributed by atoms with E-state index >= 15 is 0 Å². The van der Waals surface area contributed by atoms with Gasteiger partial charge in [0.05, 0.1) is 17.0 Å². The maximum absolute atomic E-state index is 11.9. The molecule has 1 aliphatic carbocycles. The molecule has 0 aromatic carbocycles. The van der Waals surface area contributed by atoms with E-state index in [0.717, 1.165) is 6.42 Å². The van der Waals surface area contributed by atoms with Gasteiger partial charge in [0.1, 0.15) is 10.8 Å². The molecule has 5 nitrogen and oxygen atoms in total. The molecule has 1 fully saturated rings. The molecule has 1 saturated carbocycles. The highest BCUT2D eigenvalue weighted by atomic mass is 35.5. The molecule has 1 aromatic heterocycles. The first-order chi connectivity index (χ1) is 8.42. The predicted molar refractivity (Wildman–Crippen MR) is 67.1 cm³/mol. The fourth-order valence-corrected chi connectivity index (χ4v) is 2.39. The van der Waals surface area contributed by atoms with E-state index in [2.05, 4.69) is 10.3 Å². The SMILES string of the molecule is O=C(O)CC1(NC(=O)c2cc(Cl)c(Cl)[nH]2)CCC1. The molecule has 7 heteroatoms. The molecule has 1 aromatic rings. The first-order valence-corrected chi connectivity index (χ1v) is 6.26. The van der Waals surface area contributed by atoms with E-state index in [1.165, 1.54) is 6.07 Å². The van der Waals surface area contributed by atoms with Gasteiger partial charge in [-0.2, -0.15) is 0 Å². The smallest absolute Gasteiger partial charge is 0.305 e. The fraction of sp³-hybridized carbons (Fsp3) is 0.455. The van der Waals surface area contributed by atoms with Crippen molar-refractivity contribution in [1.29, 1.82) is 0 Å². The number of carbonyl (C=O) groups excluding carboxylic acids is 1. The zero-order valence-corrected chi connectivity index (χ0v) is 10.9. The summed E-state index contributed by atoms with van der Waals surface area (Å²) in [6, 6.07) is 1.42. The van der Waals surface area contributed by atoms with Gasteiger partial charge in [0, 0.05) is 0 Å². The maximum atomic E-state index is 11.9. The Kier molecular flexibility index (Phi) is 3.54. The number of carboxylic acid groups (broad SMARTS) is 1. The zero-order valence-electron chi connectivity index (χ0n) is 9.43. The van der Waals surface area contributed by atoms with Gasteiger partial charge in [-0.1, -0.05) is 23.2 Å². The molecule has 1 aliphatic rings. The Labute approximate surface area is 113 Å². The van der Waals surface area contributed by atoms with Crippen molar-refractivity contribution in [2.75, 3.05) is 0 Å². The third kappa shape index (κ3) is 2.62. The molecule has 0 radical (unpaired) electrons. The summed E-state index contributed by atoms with van der Waals surface area (Å²) in [6.07, 6.45) is 2.20. The second-order valence-corrected chi connectivity index (χ2v) is 5.29. The average molecular weight is 291 g/mol. The number of aliphatic carboxylic acids is 1. The van der Waals surface area contributed by atoms with E-state index in [4.69, 9.17) is 28.3 Å². The van der Waals surface area contributed by atoms with Crippen molar-refractivity contribution >= 4 is 35.1 Å². The molecule has 18 heavy (non-hydrogen) atoms. The largest absolute Gasteiger partial charge is 0.481 e. The van der Waals surface area contributed by atoms with Gasteiger partial charge in [-0.25, -0.2) is 0 Å². The molecule has 1 amide bonds. The van der Waals surface area contributed by atoms with Gasteiger partial charge in [0.2, 0.25) is 0 Å². The van der Waals surface area contributed by atoms with Crippen molar-refractivity contribution in [3.63, 3.8) is 0 Å². The number of hydrogen-bond donors (Lipinski definition) is 3. The number of aromatic amines is 1. The minimum atomic E-state index is -0.919. The molecule has 0 unspecified atom stereocenters. The van der Waals surface area contributed by atoms with Crippen LogP contribution in [0.25, 0.3) is 0 Å². The first kappa shape index (κ1) is 13.2. The lowest BCUT2D eigenvalue weighted by Gasteiger charge is -2.41. The Morgan fingerprint density at radius 1 is 1.44 bits per heavy atom. The Bertz CT molecular complexity index is 475. The number of aromatic nitrogens is 1. The van der Waals surface area contributed by atoms with Crippen molar-refractivity contribution in [2.24, 2.45) is 0 Å². The minimum absolute atomic E-state index is 0.0685. The normalized spacial score (nSPS) is 17.0. The number of amides is 1. The Hall–Kier alpha value is -1.20. The summed E-state index contributed by atoms with van der Waals surface area (Å²) in [6.45, 7) is 0. The number of rotatable bonds is 4. The van der Waals surface area contributed by atoms with Gasteiger partial charge < -0.3 is 15.4 Å². The average Bonchev–Trinajstić information content (AvgIpc) is 2.55. The monoisotopic (exact) mass is 290 g/mol. The topological polar surface area (TPSA) is 82.2 Å². The minimum Gasteiger partial charge on any atom is -0.481 e. The van der Waals surface area contributed by atoms with Crippen LogP contribution in [-0.2, 0) is 4.79 Å². The van der Waals surface area contributed by atoms with Gasteiger partial charge in [0.15, 0.2) is 0 Å². The zero-order chi connectivity index (χ0) is 13.3. The maximum Gasteiger partial charge on any atom is 0.305 e. The number of hydrogen-bond acceptors (Lipinski definition) is 2. The Balaban J connectivity index is 2.08. The highest BCUT2D eigenvalue weighted by Crippen LogP contribution is 2.35.